The molecular formula is C12H24ClNO2. The number of carbonyl (C=O) groups is 1. The van der Waals surface area contributed by atoms with Crippen molar-refractivity contribution in [1.29, 1.82) is 0 Å². The average Bonchev–Trinajstić information content (AvgIpc) is 1.98. The van der Waals surface area contributed by atoms with E-state index in [1.54, 1.807) is 0 Å². The molecule has 0 aromatic rings. The summed E-state index contributed by atoms with van der Waals surface area (Å²) in [5.41, 5.74) is 0.0261. The molecule has 1 heterocycles. The Hall–Kier alpha value is -0.280. The van der Waals surface area contributed by atoms with Crippen molar-refractivity contribution in [3.8, 4) is 0 Å². The fraction of sp³-hybridized carbons (Fsp3) is 0.917. The van der Waals surface area contributed by atoms with Crippen molar-refractivity contribution in [1.82, 2.24) is 5.32 Å². The van der Waals surface area contributed by atoms with Gasteiger partial charge >= 0.3 is 5.97 Å². The van der Waals surface area contributed by atoms with E-state index in [9.17, 15) is 4.79 Å². The predicted octanol–water partition coefficient (Wildman–Crippen LogP) is 2.53. The molecule has 4 heteroatoms. The highest BCUT2D eigenvalue weighted by Gasteiger charge is 2.40. The van der Waals surface area contributed by atoms with Crippen LogP contribution in [0.4, 0.5) is 0 Å². The third kappa shape index (κ3) is 4.30. The number of piperidine rings is 1. The number of hydrogen-bond acceptors (Lipinski definition) is 3. The Labute approximate surface area is 105 Å². The molecule has 0 aromatic heterocycles. The number of rotatable bonds is 2. The molecule has 0 atom stereocenters. The van der Waals surface area contributed by atoms with Crippen LogP contribution in [0.15, 0.2) is 0 Å². The molecule has 3 nitrogen and oxygen atoms in total. The number of nitrogens with one attached hydrogen (secondary N) is 1. The molecular weight excluding hydrogens is 226 g/mol. The molecule has 1 saturated heterocycles. The first-order valence-corrected chi connectivity index (χ1v) is 5.72. The van der Waals surface area contributed by atoms with Gasteiger partial charge in [-0.1, -0.05) is 0 Å². The molecule has 1 aliphatic heterocycles. The van der Waals surface area contributed by atoms with Crippen molar-refractivity contribution in [2.45, 2.75) is 58.5 Å². The summed E-state index contributed by atoms with van der Waals surface area (Å²) in [6.07, 6.45) is 1.71. The zero-order valence-corrected chi connectivity index (χ0v) is 11.7. The Morgan fingerprint density at radius 2 is 1.69 bits per heavy atom. The number of halogens is 1. The van der Waals surface area contributed by atoms with Crippen LogP contribution < -0.4 is 5.32 Å². The van der Waals surface area contributed by atoms with Crippen molar-refractivity contribution in [3.05, 3.63) is 0 Å². The third-order valence-corrected chi connectivity index (χ3v) is 2.81. The molecule has 0 saturated carbocycles. The quantitative estimate of drug-likeness (QED) is 0.765. The minimum absolute atomic E-state index is 0. The summed E-state index contributed by atoms with van der Waals surface area (Å²) in [6.45, 7) is 10.9. The molecule has 0 bridgehead atoms. The van der Waals surface area contributed by atoms with Crippen LogP contribution in [0.2, 0.25) is 0 Å². The monoisotopic (exact) mass is 249 g/mol. The highest BCUT2D eigenvalue weighted by Crippen LogP contribution is 2.33. The normalized spacial score (nSPS) is 23.3. The van der Waals surface area contributed by atoms with Crippen LogP contribution in [0.1, 0.15) is 47.5 Å². The van der Waals surface area contributed by atoms with Crippen LogP contribution in [0.5, 0.6) is 0 Å². The minimum Gasteiger partial charge on any atom is -0.466 e. The van der Waals surface area contributed by atoms with E-state index in [-0.39, 0.29) is 35.4 Å². The molecule has 0 aromatic carbocycles. The van der Waals surface area contributed by atoms with Crippen LogP contribution >= 0.6 is 12.4 Å². The van der Waals surface area contributed by atoms with Crippen molar-refractivity contribution < 1.29 is 9.53 Å². The second-order valence-corrected chi connectivity index (χ2v) is 5.75. The predicted molar refractivity (Wildman–Crippen MR) is 67.9 cm³/mol. The molecule has 0 radical (unpaired) electrons. The van der Waals surface area contributed by atoms with Gasteiger partial charge in [0.05, 0.1) is 12.5 Å². The molecule has 96 valence electrons. The van der Waals surface area contributed by atoms with Crippen LogP contribution in [0.25, 0.3) is 0 Å². The van der Waals surface area contributed by atoms with Crippen LogP contribution in [-0.4, -0.2) is 23.7 Å². The van der Waals surface area contributed by atoms with Crippen LogP contribution in [0.3, 0.4) is 0 Å². The fourth-order valence-electron chi connectivity index (χ4n) is 2.75. The molecule has 1 fully saturated rings. The van der Waals surface area contributed by atoms with E-state index in [2.05, 4.69) is 33.0 Å². The smallest absolute Gasteiger partial charge is 0.309 e. The third-order valence-electron chi connectivity index (χ3n) is 2.81. The van der Waals surface area contributed by atoms with E-state index < -0.39 is 0 Å². The first-order chi connectivity index (χ1) is 6.76. The van der Waals surface area contributed by atoms with E-state index in [4.69, 9.17) is 4.74 Å². The Bertz CT molecular complexity index is 235. The maximum atomic E-state index is 11.7. The van der Waals surface area contributed by atoms with Crippen molar-refractivity contribution >= 4 is 18.4 Å². The van der Waals surface area contributed by atoms with E-state index in [1.807, 2.05) is 6.92 Å². The van der Waals surface area contributed by atoms with Crippen molar-refractivity contribution in [2.75, 3.05) is 6.61 Å². The molecule has 1 N–H and O–H groups in total. The Balaban J connectivity index is 0.00000225. The van der Waals surface area contributed by atoms with Gasteiger partial charge in [0.25, 0.3) is 0 Å². The van der Waals surface area contributed by atoms with Gasteiger partial charge < -0.3 is 10.1 Å². The lowest BCUT2D eigenvalue weighted by atomic mass is 9.76. The van der Waals surface area contributed by atoms with Gasteiger partial charge in [-0.25, -0.2) is 0 Å². The second-order valence-electron chi connectivity index (χ2n) is 5.75. The lowest BCUT2D eigenvalue weighted by Gasteiger charge is -2.45. The maximum Gasteiger partial charge on any atom is 0.309 e. The summed E-state index contributed by atoms with van der Waals surface area (Å²) in [7, 11) is 0. The first-order valence-electron chi connectivity index (χ1n) is 5.72. The summed E-state index contributed by atoms with van der Waals surface area (Å²) in [6, 6.07) is 0. The number of esters is 1. The van der Waals surface area contributed by atoms with Gasteiger partial charge in [-0.2, -0.15) is 0 Å². The fourth-order valence-corrected chi connectivity index (χ4v) is 2.75. The Kier molecular flexibility index (Phi) is 5.27. The molecule has 0 spiro atoms. The molecule has 1 rings (SSSR count). The molecule has 0 aliphatic carbocycles. The van der Waals surface area contributed by atoms with E-state index >= 15 is 0 Å². The molecule has 0 unspecified atom stereocenters. The zero-order valence-electron chi connectivity index (χ0n) is 10.9. The van der Waals surface area contributed by atoms with E-state index in [1.165, 1.54) is 0 Å². The van der Waals surface area contributed by atoms with Crippen LogP contribution in [0, 0.1) is 5.92 Å². The lowest BCUT2D eigenvalue weighted by molar-refractivity contribution is -0.151. The summed E-state index contributed by atoms with van der Waals surface area (Å²) >= 11 is 0. The number of carbonyl (C=O) groups excluding carboxylic acids is 1. The largest absolute Gasteiger partial charge is 0.466 e. The van der Waals surface area contributed by atoms with Gasteiger partial charge in [-0.3, -0.25) is 4.79 Å². The lowest BCUT2D eigenvalue weighted by Crippen LogP contribution is -2.59. The second kappa shape index (κ2) is 5.37. The van der Waals surface area contributed by atoms with Crippen molar-refractivity contribution in [2.24, 2.45) is 5.92 Å². The number of ether oxygens (including phenoxy) is 1. The summed E-state index contributed by atoms with van der Waals surface area (Å²) in [5, 5.41) is 3.55. The molecule has 0 amide bonds. The Morgan fingerprint density at radius 3 is 2.06 bits per heavy atom. The minimum atomic E-state index is -0.0415. The van der Waals surface area contributed by atoms with Gasteiger partial charge in [0, 0.05) is 11.1 Å². The summed E-state index contributed by atoms with van der Waals surface area (Å²) < 4.78 is 5.10. The van der Waals surface area contributed by atoms with Gasteiger partial charge in [-0.05, 0) is 47.5 Å². The van der Waals surface area contributed by atoms with E-state index in [0.717, 1.165) is 12.8 Å². The topological polar surface area (TPSA) is 38.3 Å². The Morgan fingerprint density at radius 1 is 1.25 bits per heavy atom. The van der Waals surface area contributed by atoms with Crippen LogP contribution in [-0.2, 0) is 9.53 Å². The van der Waals surface area contributed by atoms with Gasteiger partial charge in [0.1, 0.15) is 0 Å². The highest BCUT2D eigenvalue weighted by atomic mass is 35.5. The van der Waals surface area contributed by atoms with Crippen molar-refractivity contribution in [3.63, 3.8) is 0 Å². The highest BCUT2D eigenvalue weighted by molar-refractivity contribution is 5.85. The van der Waals surface area contributed by atoms with Gasteiger partial charge in [0.15, 0.2) is 0 Å². The number of hydrogen-bond donors (Lipinski definition) is 1. The molecule has 1 aliphatic rings. The average molecular weight is 250 g/mol. The first kappa shape index (κ1) is 15.7. The zero-order chi connectivity index (χ0) is 11.7. The maximum absolute atomic E-state index is 11.7. The summed E-state index contributed by atoms with van der Waals surface area (Å²) in [4.78, 5) is 11.7. The summed E-state index contributed by atoms with van der Waals surface area (Å²) in [5.74, 6) is -0.00338. The van der Waals surface area contributed by atoms with Gasteiger partial charge in [0.2, 0.25) is 0 Å². The molecule has 16 heavy (non-hydrogen) atoms. The van der Waals surface area contributed by atoms with Gasteiger partial charge in [-0.15, -0.1) is 12.4 Å². The standard InChI is InChI=1S/C12H23NO2.ClH/c1-6-15-10(14)9-7-11(2,3)13-12(4,5)8-9;/h9,13H,6-8H2,1-5H3;1H. The van der Waals surface area contributed by atoms with E-state index in [0.29, 0.717) is 6.61 Å². The SMILES string of the molecule is CCOC(=O)C1CC(C)(C)NC(C)(C)C1.Cl.